The number of rotatable bonds is 4. The average Bonchev–Trinajstić information content (AvgIpc) is 2.38. The van der Waals surface area contributed by atoms with E-state index in [2.05, 4.69) is 47.6 Å². The van der Waals surface area contributed by atoms with E-state index >= 15 is 0 Å². The number of hydrogen-bond donors (Lipinski definition) is 1. The van der Waals surface area contributed by atoms with Crippen LogP contribution in [0.5, 0.6) is 0 Å². The summed E-state index contributed by atoms with van der Waals surface area (Å²) < 4.78 is 0. The van der Waals surface area contributed by atoms with Crippen LogP contribution in [0.3, 0.4) is 0 Å². The molecule has 0 radical (unpaired) electrons. The lowest BCUT2D eigenvalue weighted by Gasteiger charge is -2.10. The van der Waals surface area contributed by atoms with Crippen LogP contribution in [-0.2, 0) is 13.0 Å². The molecule has 2 rings (SSSR count). The summed E-state index contributed by atoms with van der Waals surface area (Å²) in [6.45, 7) is 3.00. The van der Waals surface area contributed by atoms with Crippen LogP contribution < -0.4 is 5.32 Å². The van der Waals surface area contributed by atoms with Gasteiger partial charge >= 0.3 is 0 Å². The molecule has 0 amide bonds. The molecule has 1 aromatic heterocycles. The van der Waals surface area contributed by atoms with E-state index < -0.39 is 0 Å². The van der Waals surface area contributed by atoms with E-state index in [-0.39, 0.29) is 0 Å². The molecule has 2 aromatic rings. The molecule has 0 unspecified atom stereocenters. The van der Waals surface area contributed by atoms with E-state index in [1.807, 2.05) is 12.3 Å². The summed E-state index contributed by atoms with van der Waals surface area (Å²) in [7, 11) is 0. The lowest BCUT2D eigenvalue weighted by Crippen LogP contribution is -2.02. The minimum atomic E-state index is 0.824. The molecule has 2 nitrogen and oxygen atoms in total. The van der Waals surface area contributed by atoms with Crippen molar-refractivity contribution in [1.82, 2.24) is 4.98 Å². The third-order valence-corrected chi connectivity index (χ3v) is 2.60. The second-order valence-corrected chi connectivity index (χ2v) is 3.73. The van der Waals surface area contributed by atoms with Crippen molar-refractivity contribution < 1.29 is 0 Å². The molecule has 0 spiro atoms. The summed E-state index contributed by atoms with van der Waals surface area (Å²) in [4.78, 5) is 4.10. The molecule has 0 saturated carbocycles. The van der Waals surface area contributed by atoms with Gasteiger partial charge in [-0.2, -0.15) is 0 Å². The fourth-order valence-electron chi connectivity index (χ4n) is 1.70. The molecule has 82 valence electrons. The monoisotopic (exact) mass is 212 g/mol. The number of hydrogen-bond acceptors (Lipinski definition) is 2. The molecule has 16 heavy (non-hydrogen) atoms. The Kier molecular flexibility index (Phi) is 3.54. The number of anilines is 1. The summed E-state index contributed by atoms with van der Waals surface area (Å²) in [5.74, 6) is 0. The van der Waals surface area contributed by atoms with Gasteiger partial charge in [0.2, 0.25) is 0 Å². The van der Waals surface area contributed by atoms with Crippen molar-refractivity contribution >= 4 is 5.69 Å². The maximum Gasteiger partial charge on any atom is 0.0416 e. The maximum absolute atomic E-state index is 4.10. The van der Waals surface area contributed by atoms with E-state index in [9.17, 15) is 0 Å². The van der Waals surface area contributed by atoms with Crippen molar-refractivity contribution in [2.75, 3.05) is 5.32 Å². The molecule has 0 bridgehead atoms. The Morgan fingerprint density at radius 2 is 2.00 bits per heavy atom. The molecule has 1 aromatic carbocycles. The van der Waals surface area contributed by atoms with Crippen molar-refractivity contribution in [1.29, 1.82) is 0 Å². The lowest BCUT2D eigenvalue weighted by atomic mass is 10.1. The Morgan fingerprint density at radius 1 is 1.12 bits per heavy atom. The standard InChI is InChI=1S/C14H16N2/c1-2-13-7-3-4-8-14(13)16-11-12-6-5-9-15-10-12/h3-10,16H,2,11H2,1H3. The Balaban J connectivity index is 2.05. The van der Waals surface area contributed by atoms with Gasteiger partial charge in [0.25, 0.3) is 0 Å². The van der Waals surface area contributed by atoms with E-state index in [0.29, 0.717) is 0 Å². The number of nitrogens with zero attached hydrogens (tertiary/aromatic N) is 1. The first-order chi connectivity index (χ1) is 7.90. The Morgan fingerprint density at radius 3 is 2.75 bits per heavy atom. The van der Waals surface area contributed by atoms with E-state index in [1.54, 1.807) is 6.20 Å². The van der Waals surface area contributed by atoms with Crippen molar-refractivity contribution in [2.24, 2.45) is 0 Å². The summed E-state index contributed by atoms with van der Waals surface area (Å²) >= 11 is 0. The zero-order valence-corrected chi connectivity index (χ0v) is 9.48. The van der Waals surface area contributed by atoms with E-state index in [0.717, 1.165) is 13.0 Å². The highest BCUT2D eigenvalue weighted by Crippen LogP contribution is 2.16. The summed E-state index contributed by atoms with van der Waals surface area (Å²) in [6.07, 6.45) is 4.74. The second-order valence-electron chi connectivity index (χ2n) is 3.73. The average molecular weight is 212 g/mol. The van der Waals surface area contributed by atoms with Crippen molar-refractivity contribution in [2.45, 2.75) is 19.9 Å². The van der Waals surface area contributed by atoms with Gasteiger partial charge in [-0.25, -0.2) is 0 Å². The van der Waals surface area contributed by atoms with Crippen LogP contribution >= 0.6 is 0 Å². The molecule has 0 fully saturated rings. The summed E-state index contributed by atoms with van der Waals surface area (Å²) in [5.41, 5.74) is 3.77. The Bertz CT molecular complexity index is 437. The number of para-hydroxylation sites is 1. The predicted octanol–water partition coefficient (Wildman–Crippen LogP) is 3.26. The molecule has 0 aliphatic rings. The highest BCUT2D eigenvalue weighted by molar-refractivity contribution is 5.51. The van der Waals surface area contributed by atoms with E-state index in [1.165, 1.54) is 16.8 Å². The number of pyridine rings is 1. The Labute approximate surface area is 96.4 Å². The largest absolute Gasteiger partial charge is 0.381 e. The van der Waals surface area contributed by atoms with Crippen LogP contribution in [0.2, 0.25) is 0 Å². The number of aryl methyl sites for hydroxylation is 1. The molecule has 1 N–H and O–H groups in total. The summed E-state index contributed by atoms with van der Waals surface area (Å²) in [5, 5.41) is 3.44. The summed E-state index contributed by atoms with van der Waals surface area (Å²) in [6, 6.07) is 12.5. The number of benzene rings is 1. The fraction of sp³-hybridized carbons (Fsp3) is 0.214. The van der Waals surface area contributed by atoms with Gasteiger partial charge in [-0.05, 0) is 29.7 Å². The molecular weight excluding hydrogens is 196 g/mol. The van der Waals surface area contributed by atoms with Gasteiger partial charge in [-0.3, -0.25) is 4.98 Å². The topological polar surface area (TPSA) is 24.9 Å². The predicted molar refractivity (Wildman–Crippen MR) is 67.4 cm³/mol. The Hall–Kier alpha value is -1.83. The normalized spacial score (nSPS) is 10.1. The van der Waals surface area contributed by atoms with Crippen LogP contribution in [0.1, 0.15) is 18.1 Å². The molecule has 2 heteroatoms. The third-order valence-electron chi connectivity index (χ3n) is 2.60. The van der Waals surface area contributed by atoms with Gasteiger partial charge in [-0.15, -0.1) is 0 Å². The first-order valence-electron chi connectivity index (χ1n) is 5.61. The van der Waals surface area contributed by atoms with Crippen LogP contribution in [0.15, 0.2) is 48.8 Å². The maximum atomic E-state index is 4.10. The molecule has 0 aliphatic carbocycles. The van der Waals surface area contributed by atoms with Crippen molar-refractivity contribution in [3.05, 3.63) is 59.9 Å². The number of nitrogens with one attached hydrogen (secondary N) is 1. The smallest absolute Gasteiger partial charge is 0.0416 e. The zero-order chi connectivity index (χ0) is 11.2. The SMILES string of the molecule is CCc1ccccc1NCc1cccnc1. The lowest BCUT2D eigenvalue weighted by molar-refractivity contribution is 1.08. The van der Waals surface area contributed by atoms with Gasteiger partial charge in [-0.1, -0.05) is 31.2 Å². The highest BCUT2D eigenvalue weighted by atomic mass is 14.9. The van der Waals surface area contributed by atoms with Crippen LogP contribution in [0.4, 0.5) is 5.69 Å². The molecular formula is C14H16N2. The first kappa shape index (κ1) is 10.7. The van der Waals surface area contributed by atoms with Gasteiger partial charge in [0.1, 0.15) is 0 Å². The van der Waals surface area contributed by atoms with Crippen molar-refractivity contribution in [3.8, 4) is 0 Å². The minimum absolute atomic E-state index is 0.824. The van der Waals surface area contributed by atoms with Crippen LogP contribution in [0.25, 0.3) is 0 Å². The molecule has 0 saturated heterocycles. The molecule has 1 heterocycles. The number of aromatic nitrogens is 1. The fourth-order valence-corrected chi connectivity index (χ4v) is 1.70. The quantitative estimate of drug-likeness (QED) is 0.841. The van der Waals surface area contributed by atoms with Crippen LogP contribution in [0, 0.1) is 0 Å². The van der Waals surface area contributed by atoms with Crippen LogP contribution in [-0.4, -0.2) is 4.98 Å². The zero-order valence-electron chi connectivity index (χ0n) is 9.48. The van der Waals surface area contributed by atoms with Gasteiger partial charge in [0, 0.05) is 24.6 Å². The van der Waals surface area contributed by atoms with Gasteiger partial charge < -0.3 is 5.32 Å². The molecule has 0 atom stereocenters. The van der Waals surface area contributed by atoms with Gasteiger partial charge in [0.15, 0.2) is 0 Å². The first-order valence-corrected chi connectivity index (χ1v) is 5.61. The van der Waals surface area contributed by atoms with E-state index in [4.69, 9.17) is 0 Å². The molecule has 0 aliphatic heterocycles. The highest BCUT2D eigenvalue weighted by Gasteiger charge is 1.98. The van der Waals surface area contributed by atoms with Gasteiger partial charge in [0.05, 0.1) is 0 Å². The van der Waals surface area contributed by atoms with Crippen molar-refractivity contribution in [3.63, 3.8) is 0 Å². The third kappa shape index (κ3) is 2.60. The second kappa shape index (κ2) is 5.31. The minimum Gasteiger partial charge on any atom is -0.381 e.